The summed E-state index contributed by atoms with van der Waals surface area (Å²) in [7, 11) is 0. The van der Waals surface area contributed by atoms with Crippen molar-refractivity contribution in [3.05, 3.63) is 119 Å². The van der Waals surface area contributed by atoms with Gasteiger partial charge in [-0.15, -0.1) is 0 Å². The van der Waals surface area contributed by atoms with E-state index < -0.39 is 33.2 Å². The second-order valence-corrected chi connectivity index (χ2v) is 10.6. The zero-order valence-corrected chi connectivity index (χ0v) is 22.2. The van der Waals surface area contributed by atoms with Crippen LogP contribution in [-0.4, -0.2) is 26.5 Å². The molecule has 0 bridgehead atoms. The Labute approximate surface area is 233 Å². The molecule has 0 saturated heterocycles. The fraction of sp³-hybridized carbons (Fsp3) is 0.214. The molecule has 0 N–H and O–H groups in total. The van der Waals surface area contributed by atoms with Gasteiger partial charge < -0.3 is 0 Å². The number of halogens is 2. The van der Waals surface area contributed by atoms with Gasteiger partial charge in [0.15, 0.2) is 0 Å². The number of nitrogens with zero attached hydrogens (tertiary/aromatic N) is 4. The van der Waals surface area contributed by atoms with Gasteiger partial charge in [0.1, 0.15) is 0 Å². The summed E-state index contributed by atoms with van der Waals surface area (Å²) in [5.74, 6) is -0.537. The molecule has 39 heavy (non-hydrogen) atoms. The third kappa shape index (κ3) is 5.41. The SMILES string of the molecule is CC1CC(=Cc2ccc(Cl)cc2)C2=NN(C(=O)c3cc([N+](=O)[O-])cc([N+](=O)[O-])c3)C(c3ccc(Cl)cc3)C2C1. The molecule has 1 amide bonds. The van der Waals surface area contributed by atoms with E-state index in [9.17, 15) is 25.0 Å². The van der Waals surface area contributed by atoms with E-state index in [1.54, 1.807) is 24.3 Å². The van der Waals surface area contributed by atoms with Gasteiger partial charge in [-0.1, -0.05) is 54.4 Å². The molecule has 11 heteroatoms. The lowest BCUT2D eigenvalue weighted by Crippen LogP contribution is -2.33. The van der Waals surface area contributed by atoms with E-state index in [1.807, 2.05) is 30.3 Å². The average Bonchev–Trinajstić information content (AvgIpc) is 3.29. The summed E-state index contributed by atoms with van der Waals surface area (Å²) in [5.41, 5.74) is 2.17. The number of rotatable bonds is 5. The summed E-state index contributed by atoms with van der Waals surface area (Å²) in [5, 5.41) is 30.2. The Morgan fingerprint density at radius 3 is 2.08 bits per heavy atom. The fourth-order valence-electron chi connectivity index (χ4n) is 5.27. The maximum Gasteiger partial charge on any atom is 0.277 e. The molecule has 1 aliphatic heterocycles. The van der Waals surface area contributed by atoms with Gasteiger partial charge in [0, 0.05) is 28.1 Å². The molecule has 3 aromatic rings. The maximum absolute atomic E-state index is 13.9. The molecule has 1 saturated carbocycles. The number of carbonyl (C=O) groups is 1. The van der Waals surface area contributed by atoms with Crippen LogP contribution in [0.2, 0.25) is 10.0 Å². The first-order valence-electron chi connectivity index (χ1n) is 12.2. The molecular weight excluding hydrogens is 543 g/mol. The van der Waals surface area contributed by atoms with Crippen molar-refractivity contribution in [1.29, 1.82) is 0 Å². The molecule has 0 radical (unpaired) electrons. The molecule has 9 nitrogen and oxygen atoms in total. The Bertz CT molecular complexity index is 1500. The first kappa shape index (κ1) is 26.5. The third-order valence-corrected chi connectivity index (χ3v) is 7.47. The fourth-order valence-corrected chi connectivity index (χ4v) is 5.52. The van der Waals surface area contributed by atoms with Crippen LogP contribution in [0.3, 0.4) is 0 Å². The smallest absolute Gasteiger partial charge is 0.267 e. The quantitative estimate of drug-likeness (QED) is 0.235. The number of fused-ring (bicyclic) bond motifs is 1. The number of nitro groups is 2. The highest BCUT2D eigenvalue weighted by Crippen LogP contribution is 2.47. The molecule has 1 fully saturated rings. The number of hydrazone groups is 1. The van der Waals surface area contributed by atoms with E-state index in [0.717, 1.165) is 53.5 Å². The normalized spacial score (nSPS) is 21.4. The Kier molecular flexibility index (Phi) is 7.20. The van der Waals surface area contributed by atoms with Gasteiger partial charge in [-0.05, 0) is 65.8 Å². The molecule has 0 spiro atoms. The summed E-state index contributed by atoms with van der Waals surface area (Å²) in [4.78, 5) is 35.3. The second-order valence-electron chi connectivity index (χ2n) is 9.76. The van der Waals surface area contributed by atoms with E-state index in [0.29, 0.717) is 10.0 Å². The highest BCUT2D eigenvalue weighted by Gasteiger charge is 2.45. The number of hydrogen-bond donors (Lipinski definition) is 0. The van der Waals surface area contributed by atoms with Crippen molar-refractivity contribution in [2.75, 3.05) is 0 Å². The van der Waals surface area contributed by atoms with Crippen molar-refractivity contribution in [2.24, 2.45) is 16.9 Å². The van der Waals surface area contributed by atoms with Crippen molar-refractivity contribution in [2.45, 2.75) is 25.8 Å². The number of allylic oxidation sites excluding steroid dienone is 1. The Morgan fingerprint density at radius 1 is 0.949 bits per heavy atom. The largest absolute Gasteiger partial charge is 0.277 e. The monoisotopic (exact) mass is 564 g/mol. The molecule has 5 rings (SSSR count). The number of hydrogen-bond acceptors (Lipinski definition) is 6. The summed E-state index contributed by atoms with van der Waals surface area (Å²) < 4.78 is 0. The zero-order valence-electron chi connectivity index (χ0n) is 20.7. The lowest BCUT2D eigenvalue weighted by Gasteiger charge is -2.32. The lowest BCUT2D eigenvalue weighted by molar-refractivity contribution is -0.394. The van der Waals surface area contributed by atoms with E-state index >= 15 is 0 Å². The van der Waals surface area contributed by atoms with Crippen molar-refractivity contribution in [3.63, 3.8) is 0 Å². The average molecular weight is 565 g/mol. The molecule has 1 heterocycles. The van der Waals surface area contributed by atoms with Gasteiger partial charge in [-0.25, -0.2) is 5.01 Å². The van der Waals surface area contributed by atoms with Crippen LogP contribution in [0.1, 0.15) is 47.3 Å². The number of benzene rings is 3. The van der Waals surface area contributed by atoms with Crippen LogP contribution >= 0.6 is 23.2 Å². The van der Waals surface area contributed by atoms with Gasteiger partial charge in [-0.3, -0.25) is 25.0 Å². The van der Waals surface area contributed by atoms with Crippen molar-refractivity contribution in [3.8, 4) is 0 Å². The minimum absolute atomic E-state index is 0.161. The van der Waals surface area contributed by atoms with E-state index in [2.05, 4.69) is 6.92 Å². The standard InChI is InChI=1S/C28H22Cl2N4O5/c1-16-10-19(12-17-2-6-21(29)7-3-17)26-25(11-16)27(18-4-8-22(30)9-5-18)32(31-26)28(35)20-13-23(33(36)37)15-24(14-20)34(38)39/h2-9,12-16,25,27H,10-11H2,1H3. The first-order chi connectivity index (χ1) is 18.6. The van der Waals surface area contributed by atoms with E-state index in [1.165, 1.54) is 5.01 Å². The number of amides is 1. The van der Waals surface area contributed by atoms with Crippen LogP contribution in [0.5, 0.6) is 0 Å². The Morgan fingerprint density at radius 2 is 1.51 bits per heavy atom. The van der Waals surface area contributed by atoms with Gasteiger partial charge in [-0.2, -0.15) is 5.10 Å². The number of carbonyl (C=O) groups excluding carboxylic acids is 1. The van der Waals surface area contributed by atoms with Crippen molar-refractivity contribution >= 4 is 52.3 Å². The predicted molar refractivity (Wildman–Crippen MR) is 149 cm³/mol. The van der Waals surface area contributed by atoms with Crippen molar-refractivity contribution in [1.82, 2.24) is 5.01 Å². The van der Waals surface area contributed by atoms with Gasteiger partial charge >= 0.3 is 0 Å². The topological polar surface area (TPSA) is 119 Å². The first-order valence-corrected chi connectivity index (χ1v) is 12.9. The number of nitro benzene ring substituents is 2. The summed E-state index contributed by atoms with van der Waals surface area (Å²) in [6.07, 6.45) is 3.53. The second kappa shape index (κ2) is 10.6. The summed E-state index contributed by atoms with van der Waals surface area (Å²) in [6, 6.07) is 16.9. The zero-order chi connectivity index (χ0) is 27.8. The highest BCUT2D eigenvalue weighted by molar-refractivity contribution is 6.30. The number of non-ortho nitro benzene ring substituents is 2. The highest BCUT2D eigenvalue weighted by atomic mass is 35.5. The molecule has 3 atom stereocenters. The van der Waals surface area contributed by atoms with Gasteiger partial charge in [0.2, 0.25) is 0 Å². The van der Waals surface area contributed by atoms with Crippen molar-refractivity contribution < 1.29 is 14.6 Å². The van der Waals surface area contributed by atoms with Crippen LogP contribution in [0.25, 0.3) is 6.08 Å². The minimum atomic E-state index is -0.759. The Balaban J connectivity index is 1.63. The van der Waals surface area contributed by atoms with Crippen LogP contribution in [0.15, 0.2) is 77.4 Å². The van der Waals surface area contributed by atoms with Crippen LogP contribution in [0.4, 0.5) is 11.4 Å². The molecule has 198 valence electrons. The van der Waals surface area contributed by atoms with Crippen LogP contribution in [-0.2, 0) is 0 Å². The maximum atomic E-state index is 13.9. The van der Waals surface area contributed by atoms with Gasteiger partial charge in [0.05, 0.1) is 33.2 Å². The molecule has 1 aliphatic carbocycles. The van der Waals surface area contributed by atoms with Crippen LogP contribution < -0.4 is 0 Å². The van der Waals surface area contributed by atoms with E-state index in [4.69, 9.17) is 28.3 Å². The lowest BCUT2D eigenvalue weighted by atomic mass is 9.73. The summed E-state index contributed by atoms with van der Waals surface area (Å²) in [6.45, 7) is 2.14. The molecule has 2 aliphatic rings. The molecule has 3 unspecified atom stereocenters. The van der Waals surface area contributed by atoms with Gasteiger partial charge in [0.25, 0.3) is 17.3 Å². The minimum Gasteiger partial charge on any atom is -0.267 e. The Hall–Kier alpha value is -4.08. The predicted octanol–water partition coefficient (Wildman–Crippen LogP) is 7.49. The molecule has 0 aromatic heterocycles. The third-order valence-electron chi connectivity index (χ3n) is 6.97. The molecule has 3 aromatic carbocycles. The molecular formula is C28H22Cl2N4O5. The van der Waals surface area contributed by atoms with Crippen LogP contribution in [0, 0.1) is 32.1 Å². The van der Waals surface area contributed by atoms with E-state index in [-0.39, 0.29) is 17.4 Å². The summed E-state index contributed by atoms with van der Waals surface area (Å²) >= 11 is 12.2.